The molecule has 2 aromatic carbocycles. The first-order chi connectivity index (χ1) is 14.2. The highest BCUT2D eigenvalue weighted by molar-refractivity contribution is 6.04. The molecule has 2 N–H and O–H groups in total. The SMILES string of the molecule is O=c1[nH]c2c([nH]c3ccccc32)c(=O)n1CCN1CCN(c2ccccc2)CC1. The Morgan fingerprint density at radius 2 is 1.48 bits per heavy atom. The number of anilines is 1. The van der Waals surface area contributed by atoms with E-state index in [1.54, 1.807) is 0 Å². The van der Waals surface area contributed by atoms with Crippen LogP contribution in [0.2, 0.25) is 0 Å². The highest BCUT2D eigenvalue weighted by atomic mass is 16.2. The lowest BCUT2D eigenvalue weighted by Gasteiger charge is -2.36. The number of fused-ring (bicyclic) bond motifs is 3. The van der Waals surface area contributed by atoms with E-state index in [2.05, 4.69) is 44.0 Å². The molecule has 7 nitrogen and oxygen atoms in total. The van der Waals surface area contributed by atoms with Crippen molar-refractivity contribution in [3.05, 3.63) is 75.4 Å². The van der Waals surface area contributed by atoms with Gasteiger partial charge in [-0.2, -0.15) is 0 Å². The maximum absolute atomic E-state index is 12.9. The van der Waals surface area contributed by atoms with Gasteiger partial charge in [0, 0.05) is 55.9 Å². The Bertz CT molecular complexity index is 1260. The van der Waals surface area contributed by atoms with Gasteiger partial charge in [0.1, 0.15) is 5.52 Å². The Morgan fingerprint density at radius 1 is 0.759 bits per heavy atom. The van der Waals surface area contributed by atoms with Gasteiger partial charge in [0.15, 0.2) is 0 Å². The summed E-state index contributed by atoms with van der Waals surface area (Å²) in [6.07, 6.45) is 0. The average Bonchev–Trinajstić information content (AvgIpc) is 3.13. The summed E-state index contributed by atoms with van der Waals surface area (Å²) in [6.45, 7) is 4.77. The zero-order valence-electron chi connectivity index (χ0n) is 16.1. The first kappa shape index (κ1) is 17.8. The van der Waals surface area contributed by atoms with Crippen molar-refractivity contribution >= 4 is 27.6 Å². The van der Waals surface area contributed by atoms with Crippen LogP contribution in [0.5, 0.6) is 0 Å². The normalized spacial score (nSPS) is 15.4. The van der Waals surface area contributed by atoms with E-state index in [4.69, 9.17) is 0 Å². The molecular weight excluding hydrogens is 366 g/mol. The summed E-state index contributed by atoms with van der Waals surface area (Å²) in [6, 6.07) is 18.0. The minimum atomic E-state index is -0.352. The van der Waals surface area contributed by atoms with Crippen LogP contribution in [0, 0.1) is 0 Å². The molecule has 3 heterocycles. The second-order valence-electron chi connectivity index (χ2n) is 7.47. The molecule has 1 aliphatic heterocycles. The summed E-state index contributed by atoms with van der Waals surface area (Å²) in [4.78, 5) is 36.2. The fourth-order valence-electron chi connectivity index (χ4n) is 4.15. The van der Waals surface area contributed by atoms with E-state index in [1.807, 2.05) is 30.3 Å². The van der Waals surface area contributed by atoms with Crippen molar-refractivity contribution in [3.63, 3.8) is 0 Å². The molecule has 0 amide bonds. The van der Waals surface area contributed by atoms with E-state index in [0.29, 0.717) is 24.1 Å². The molecule has 1 saturated heterocycles. The molecule has 0 aliphatic carbocycles. The lowest BCUT2D eigenvalue weighted by Crippen LogP contribution is -2.48. The predicted molar refractivity (Wildman–Crippen MR) is 116 cm³/mol. The van der Waals surface area contributed by atoms with Crippen molar-refractivity contribution in [1.82, 2.24) is 19.4 Å². The van der Waals surface area contributed by atoms with Crippen LogP contribution in [-0.2, 0) is 6.54 Å². The molecule has 0 saturated carbocycles. The molecule has 0 bridgehead atoms. The first-order valence-electron chi connectivity index (χ1n) is 9.96. The third-order valence-electron chi connectivity index (χ3n) is 5.78. The number of aromatic nitrogens is 3. The third kappa shape index (κ3) is 3.23. The smallest absolute Gasteiger partial charge is 0.328 e. The Kier molecular flexibility index (Phi) is 4.44. The molecule has 5 rings (SSSR count). The van der Waals surface area contributed by atoms with Crippen LogP contribution in [0.3, 0.4) is 0 Å². The molecule has 1 fully saturated rings. The van der Waals surface area contributed by atoms with Crippen molar-refractivity contribution < 1.29 is 0 Å². The highest BCUT2D eigenvalue weighted by Gasteiger charge is 2.18. The summed E-state index contributed by atoms with van der Waals surface area (Å²) < 4.78 is 1.31. The number of para-hydroxylation sites is 2. The molecular formula is C22H23N5O2. The van der Waals surface area contributed by atoms with Crippen LogP contribution < -0.4 is 16.1 Å². The van der Waals surface area contributed by atoms with E-state index >= 15 is 0 Å². The van der Waals surface area contributed by atoms with E-state index in [9.17, 15) is 9.59 Å². The second-order valence-corrected chi connectivity index (χ2v) is 7.47. The molecule has 2 aromatic heterocycles. The summed E-state index contributed by atoms with van der Waals surface area (Å²) in [5.41, 5.74) is 2.52. The van der Waals surface area contributed by atoms with Gasteiger partial charge in [0.25, 0.3) is 5.56 Å². The standard InChI is InChI=1S/C22H23N5O2/c28-21-20-19(17-8-4-5-9-18(17)23-20)24-22(29)27(21)15-12-25-10-13-26(14-11-25)16-6-2-1-3-7-16/h1-9,23H,10-15H2,(H,24,29). The number of H-pyrrole nitrogens is 2. The highest BCUT2D eigenvalue weighted by Crippen LogP contribution is 2.20. The minimum Gasteiger partial charge on any atom is -0.369 e. The third-order valence-corrected chi connectivity index (χ3v) is 5.78. The molecule has 0 spiro atoms. The lowest BCUT2D eigenvalue weighted by atomic mass is 10.2. The summed E-state index contributed by atoms with van der Waals surface area (Å²) in [7, 11) is 0. The average molecular weight is 389 g/mol. The largest absolute Gasteiger partial charge is 0.369 e. The number of piperazine rings is 1. The quantitative estimate of drug-likeness (QED) is 0.560. The number of nitrogens with zero attached hydrogens (tertiary/aromatic N) is 3. The summed E-state index contributed by atoms with van der Waals surface area (Å²) in [5, 5.41) is 0.862. The number of benzene rings is 2. The maximum Gasteiger partial charge on any atom is 0.328 e. The van der Waals surface area contributed by atoms with Gasteiger partial charge in [-0.3, -0.25) is 14.3 Å². The second kappa shape index (κ2) is 7.25. The van der Waals surface area contributed by atoms with E-state index in [-0.39, 0.29) is 11.2 Å². The minimum absolute atomic E-state index is 0.261. The molecule has 0 atom stereocenters. The van der Waals surface area contributed by atoms with Gasteiger partial charge in [-0.1, -0.05) is 36.4 Å². The maximum atomic E-state index is 12.9. The molecule has 0 radical (unpaired) electrons. The zero-order valence-corrected chi connectivity index (χ0v) is 16.1. The zero-order chi connectivity index (χ0) is 19.8. The Labute approximate surface area is 167 Å². The molecule has 0 unspecified atom stereocenters. The van der Waals surface area contributed by atoms with Crippen LogP contribution in [0.4, 0.5) is 5.69 Å². The lowest BCUT2D eigenvalue weighted by molar-refractivity contribution is 0.246. The molecule has 4 aromatic rings. The van der Waals surface area contributed by atoms with E-state index in [1.165, 1.54) is 10.3 Å². The van der Waals surface area contributed by atoms with Crippen LogP contribution in [-0.4, -0.2) is 52.2 Å². The Balaban J connectivity index is 1.32. The van der Waals surface area contributed by atoms with Crippen molar-refractivity contribution in [3.8, 4) is 0 Å². The fraction of sp³-hybridized carbons (Fsp3) is 0.273. The van der Waals surface area contributed by atoms with Crippen LogP contribution in [0.25, 0.3) is 21.9 Å². The molecule has 148 valence electrons. The van der Waals surface area contributed by atoms with Crippen LogP contribution in [0.15, 0.2) is 64.2 Å². The van der Waals surface area contributed by atoms with E-state index in [0.717, 1.165) is 37.1 Å². The predicted octanol–water partition coefficient (Wildman–Crippen LogP) is 1.99. The van der Waals surface area contributed by atoms with Crippen molar-refractivity contribution in [1.29, 1.82) is 0 Å². The summed E-state index contributed by atoms with van der Waals surface area (Å²) >= 11 is 0. The number of hydrogen-bond acceptors (Lipinski definition) is 4. The van der Waals surface area contributed by atoms with Crippen LogP contribution >= 0.6 is 0 Å². The Morgan fingerprint density at radius 3 is 2.28 bits per heavy atom. The van der Waals surface area contributed by atoms with E-state index < -0.39 is 0 Å². The van der Waals surface area contributed by atoms with Crippen LogP contribution in [0.1, 0.15) is 0 Å². The van der Waals surface area contributed by atoms with Gasteiger partial charge in [-0.05, 0) is 18.2 Å². The monoisotopic (exact) mass is 389 g/mol. The van der Waals surface area contributed by atoms with Gasteiger partial charge in [0.05, 0.1) is 5.52 Å². The molecule has 7 heteroatoms. The number of rotatable bonds is 4. The van der Waals surface area contributed by atoms with Gasteiger partial charge in [0.2, 0.25) is 0 Å². The first-order valence-corrected chi connectivity index (χ1v) is 9.96. The number of nitrogens with one attached hydrogen (secondary N) is 2. The van der Waals surface area contributed by atoms with Crippen molar-refractivity contribution in [2.75, 3.05) is 37.6 Å². The number of hydrogen-bond donors (Lipinski definition) is 2. The number of aromatic amines is 2. The van der Waals surface area contributed by atoms with Crippen molar-refractivity contribution in [2.45, 2.75) is 6.54 Å². The van der Waals surface area contributed by atoms with Gasteiger partial charge in [-0.15, -0.1) is 0 Å². The topological polar surface area (TPSA) is 77.1 Å². The summed E-state index contributed by atoms with van der Waals surface area (Å²) in [5.74, 6) is 0. The molecule has 29 heavy (non-hydrogen) atoms. The van der Waals surface area contributed by atoms with Gasteiger partial charge >= 0.3 is 5.69 Å². The van der Waals surface area contributed by atoms with Crippen molar-refractivity contribution in [2.24, 2.45) is 0 Å². The Hall–Kier alpha value is -3.32. The van der Waals surface area contributed by atoms with Gasteiger partial charge in [-0.25, -0.2) is 4.79 Å². The molecule has 1 aliphatic rings. The fourth-order valence-corrected chi connectivity index (χ4v) is 4.15. The van der Waals surface area contributed by atoms with Gasteiger partial charge < -0.3 is 14.9 Å².